The molecule has 4 aliphatic rings. The fourth-order valence-electron chi connectivity index (χ4n) is 5.89. The Morgan fingerprint density at radius 1 is 0.565 bits per heavy atom. The minimum Gasteiger partial charge on any atom is -0.394 e. The molecule has 0 aromatic carbocycles. The van der Waals surface area contributed by atoms with Crippen LogP contribution in [0.25, 0.3) is 0 Å². The molecule has 0 aromatic rings. The van der Waals surface area contributed by atoms with Crippen molar-refractivity contribution in [2.24, 2.45) is 0 Å². The molecule has 0 amide bonds. The van der Waals surface area contributed by atoms with Gasteiger partial charge in [-0.15, -0.1) is 0 Å². The Labute approximate surface area is 265 Å². The molecule has 19 nitrogen and oxygen atoms in total. The summed E-state index contributed by atoms with van der Waals surface area (Å²) >= 11 is 0. The number of rotatable bonds is 11. The van der Waals surface area contributed by atoms with Gasteiger partial charge >= 0.3 is 0 Å². The second-order valence-electron chi connectivity index (χ2n) is 11.6. The number of hydrogen-bond acceptors (Lipinski definition) is 19. The van der Waals surface area contributed by atoms with E-state index in [2.05, 4.69) is 0 Å². The monoisotopic (exact) mass is 678 g/mol. The molecule has 0 bridgehead atoms. The summed E-state index contributed by atoms with van der Waals surface area (Å²) in [7, 11) is 1.21. The van der Waals surface area contributed by atoms with Crippen molar-refractivity contribution >= 4 is 0 Å². The summed E-state index contributed by atoms with van der Waals surface area (Å²) in [6.07, 6.45) is -26.7. The van der Waals surface area contributed by atoms with E-state index in [4.69, 9.17) is 37.9 Å². The van der Waals surface area contributed by atoms with E-state index in [1.165, 1.54) is 14.0 Å². The van der Waals surface area contributed by atoms with Crippen LogP contribution in [0.15, 0.2) is 0 Å². The van der Waals surface area contributed by atoms with Crippen molar-refractivity contribution in [3.05, 3.63) is 0 Å². The van der Waals surface area contributed by atoms with Gasteiger partial charge in [-0.05, 0) is 6.92 Å². The topological polar surface area (TPSA) is 296 Å². The van der Waals surface area contributed by atoms with E-state index in [-0.39, 0.29) is 20.5 Å². The van der Waals surface area contributed by atoms with Gasteiger partial charge in [-0.2, -0.15) is 0 Å². The second-order valence-corrected chi connectivity index (χ2v) is 11.6. The molecule has 0 spiro atoms. The molecule has 8 unspecified atom stereocenters. The van der Waals surface area contributed by atoms with Crippen molar-refractivity contribution in [1.29, 1.82) is 0 Å². The molecule has 4 fully saturated rings. The van der Waals surface area contributed by atoms with Crippen LogP contribution in [0.5, 0.6) is 0 Å². The van der Waals surface area contributed by atoms with E-state index in [9.17, 15) is 56.2 Å². The van der Waals surface area contributed by atoms with Crippen LogP contribution in [-0.2, 0) is 37.9 Å². The highest BCUT2D eigenvalue weighted by atomic mass is 16.7. The third kappa shape index (κ3) is 8.33. The molecule has 46 heavy (non-hydrogen) atoms. The quantitative estimate of drug-likeness (QED) is 0.0968. The summed E-state index contributed by atoms with van der Waals surface area (Å²) < 4.78 is 44.4. The molecule has 0 radical (unpaired) electrons. The Bertz CT molecular complexity index is 901. The van der Waals surface area contributed by atoms with E-state index < -0.39 is 136 Å². The smallest absolute Gasteiger partial charge is 0.187 e. The molecule has 272 valence electrons. The SMILES string of the molecule is C.CO[C@@H]1C(O)[C@H](O[C@@H]2C(O)[C@H](O[C@H]3CC(CO[C@@H]4OC(CO)[C@@H](O)[C@H](O)C4O)O[C@@H](C)C3O)OC(CO)[C@H]2O)OC(CO)[C@H]1O. The second kappa shape index (κ2) is 17.3. The number of aliphatic hydroxyl groups is 11. The van der Waals surface area contributed by atoms with Gasteiger partial charge in [-0.1, -0.05) is 7.43 Å². The van der Waals surface area contributed by atoms with Gasteiger partial charge in [0.1, 0.15) is 79.4 Å². The van der Waals surface area contributed by atoms with Crippen molar-refractivity contribution in [2.75, 3.05) is 33.5 Å². The van der Waals surface area contributed by atoms with Gasteiger partial charge in [0.15, 0.2) is 18.9 Å². The average Bonchev–Trinajstić information content (AvgIpc) is 3.02. The number of ether oxygens (including phenoxy) is 8. The van der Waals surface area contributed by atoms with Crippen LogP contribution in [0, 0.1) is 0 Å². The highest BCUT2D eigenvalue weighted by Gasteiger charge is 2.52. The van der Waals surface area contributed by atoms with E-state index >= 15 is 0 Å². The van der Waals surface area contributed by atoms with Gasteiger partial charge in [0, 0.05) is 13.5 Å². The standard InChI is InChI=1S/C26H46O19.CH4/c1-8-14(30)10(3-9(40-8)7-39-24-19(35)18(34)15(31)11(4-27)42-24)41-25-21(37)23(17(33)13(6-29)43-25)45-26-20(36)22(38-2)16(32)12(5-28)44-26;/h8-37H,3-7H2,1-2H3;1H4/t8-,9?,10-,11?,12?,13?,14?,15+,16+,17+,18-,19?,20?,21?,22-,23-,24+,25+,26-;/m0./s1. The molecule has 4 rings (SSSR count). The minimum atomic E-state index is -1.78. The van der Waals surface area contributed by atoms with Gasteiger partial charge in [-0.25, -0.2) is 0 Å². The molecule has 19 heteroatoms. The lowest BCUT2D eigenvalue weighted by atomic mass is 9.96. The Balaban J connectivity index is 0.00000576. The molecule has 11 N–H and O–H groups in total. The molecule has 0 aromatic heterocycles. The zero-order valence-corrected chi connectivity index (χ0v) is 24.7. The first-order valence-corrected chi connectivity index (χ1v) is 14.7. The molecular formula is C27H50O19. The van der Waals surface area contributed by atoms with E-state index in [0.717, 1.165) is 0 Å². The van der Waals surface area contributed by atoms with Crippen LogP contribution < -0.4 is 0 Å². The van der Waals surface area contributed by atoms with Crippen LogP contribution in [0.2, 0.25) is 0 Å². The predicted molar refractivity (Wildman–Crippen MR) is 147 cm³/mol. The first kappa shape index (κ1) is 39.7. The Morgan fingerprint density at radius 2 is 1.07 bits per heavy atom. The Kier molecular flexibility index (Phi) is 14.9. The van der Waals surface area contributed by atoms with Gasteiger partial charge in [0.25, 0.3) is 0 Å². The normalized spacial score (nSPS) is 50.2. The highest BCUT2D eigenvalue weighted by molar-refractivity contribution is 4.96. The van der Waals surface area contributed by atoms with E-state index in [0.29, 0.717) is 0 Å². The number of aliphatic hydroxyl groups excluding tert-OH is 11. The van der Waals surface area contributed by atoms with E-state index in [1.807, 2.05) is 0 Å². The Hall–Kier alpha value is -0.760. The highest BCUT2D eigenvalue weighted by Crippen LogP contribution is 2.33. The maximum absolute atomic E-state index is 11.1. The summed E-state index contributed by atoms with van der Waals surface area (Å²) in [6.45, 7) is -0.788. The molecule has 0 aliphatic carbocycles. The summed E-state index contributed by atoms with van der Waals surface area (Å²) in [5.41, 5.74) is 0. The number of methoxy groups -OCH3 is 1. The van der Waals surface area contributed by atoms with Crippen molar-refractivity contribution in [3.8, 4) is 0 Å². The first-order valence-electron chi connectivity index (χ1n) is 14.7. The Morgan fingerprint density at radius 3 is 1.63 bits per heavy atom. The van der Waals surface area contributed by atoms with E-state index in [1.54, 1.807) is 0 Å². The van der Waals surface area contributed by atoms with Crippen LogP contribution in [-0.4, -0.2) is 206 Å². The maximum Gasteiger partial charge on any atom is 0.187 e. The van der Waals surface area contributed by atoms with Gasteiger partial charge in [-0.3, -0.25) is 0 Å². The van der Waals surface area contributed by atoms with Crippen LogP contribution in [0.3, 0.4) is 0 Å². The predicted octanol–water partition coefficient (Wildman–Crippen LogP) is -6.36. The molecule has 4 aliphatic heterocycles. The molecule has 4 heterocycles. The van der Waals surface area contributed by atoms with Crippen LogP contribution >= 0.6 is 0 Å². The lowest BCUT2D eigenvalue weighted by molar-refractivity contribution is -0.370. The van der Waals surface area contributed by atoms with Crippen molar-refractivity contribution in [1.82, 2.24) is 0 Å². The minimum absolute atomic E-state index is 0. The number of hydrogen-bond donors (Lipinski definition) is 11. The zero-order chi connectivity index (χ0) is 33.2. The summed E-state index contributed by atoms with van der Waals surface area (Å²) in [6, 6.07) is 0. The fraction of sp³-hybridized carbons (Fsp3) is 1.00. The van der Waals surface area contributed by atoms with Crippen molar-refractivity contribution < 1.29 is 94.1 Å². The van der Waals surface area contributed by atoms with Gasteiger partial charge < -0.3 is 94.1 Å². The maximum atomic E-state index is 11.1. The molecular weight excluding hydrogens is 628 g/mol. The third-order valence-electron chi connectivity index (χ3n) is 8.58. The zero-order valence-electron chi connectivity index (χ0n) is 24.7. The summed E-state index contributed by atoms with van der Waals surface area (Å²) in [5, 5.41) is 113. The van der Waals surface area contributed by atoms with Gasteiger partial charge in [0.2, 0.25) is 0 Å². The lowest BCUT2D eigenvalue weighted by Crippen LogP contribution is -2.65. The van der Waals surface area contributed by atoms with Crippen molar-refractivity contribution in [2.45, 2.75) is 137 Å². The first-order chi connectivity index (χ1) is 21.4. The van der Waals surface area contributed by atoms with Crippen molar-refractivity contribution in [3.63, 3.8) is 0 Å². The molecule has 4 saturated heterocycles. The summed E-state index contributed by atoms with van der Waals surface area (Å²) in [5.74, 6) is 0. The third-order valence-corrected chi connectivity index (χ3v) is 8.58. The molecule has 0 saturated carbocycles. The summed E-state index contributed by atoms with van der Waals surface area (Å²) in [4.78, 5) is 0. The lowest BCUT2D eigenvalue weighted by Gasteiger charge is -2.47. The van der Waals surface area contributed by atoms with Gasteiger partial charge in [0.05, 0.1) is 44.7 Å². The average molecular weight is 679 g/mol. The van der Waals surface area contributed by atoms with Crippen LogP contribution in [0.1, 0.15) is 20.8 Å². The van der Waals surface area contributed by atoms with Crippen LogP contribution in [0.4, 0.5) is 0 Å². The largest absolute Gasteiger partial charge is 0.394 e. The fourth-order valence-corrected chi connectivity index (χ4v) is 5.89. The molecule has 19 atom stereocenters.